The molecule has 1 aromatic carbocycles. The Balaban J connectivity index is 0.00000264. The number of hydrogen-bond donors (Lipinski definition) is 2. The standard InChI is InChI=1S/C15H17FN6.ClH/c1-3-9-17-14-18-11-19-15(20-14)21-22(10-4-2)13-7-5-12(16)6-8-13;/h1,5-8,11H,4,9-10H2,2H3,(H2,17,18,19,20,21);1H. The van der Waals surface area contributed by atoms with Crippen LogP contribution in [-0.2, 0) is 0 Å². The molecule has 0 aliphatic carbocycles. The highest BCUT2D eigenvalue weighted by Gasteiger charge is 2.08. The molecule has 0 aliphatic rings. The Morgan fingerprint density at radius 2 is 1.91 bits per heavy atom. The van der Waals surface area contributed by atoms with Gasteiger partial charge in [-0.3, -0.25) is 10.4 Å². The van der Waals surface area contributed by atoms with Crippen molar-refractivity contribution in [2.45, 2.75) is 13.3 Å². The van der Waals surface area contributed by atoms with Crippen LogP contribution in [0.4, 0.5) is 22.0 Å². The van der Waals surface area contributed by atoms with Crippen LogP contribution >= 0.6 is 12.4 Å². The van der Waals surface area contributed by atoms with Gasteiger partial charge in [0.25, 0.3) is 0 Å². The molecule has 0 unspecified atom stereocenters. The second kappa shape index (κ2) is 9.43. The Morgan fingerprint density at radius 1 is 1.22 bits per heavy atom. The molecule has 6 nitrogen and oxygen atoms in total. The lowest BCUT2D eigenvalue weighted by atomic mass is 10.3. The lowest BCUT2D eigenvalue weighted by Gasteiger charge is -2.24. The molecule has 2 aromatic rings. The molecule has 122 valence electrons. The van der Waals surface area contributed by atoms with Gasteiger partial charge in [-0.15, -0.1) is 18.8 Å². The molecule has 0 aliphatic heterocycles. The van der Waals surface area contributed by atoms with Gasteiger partial charge < -0.3 is 5.32 Å². The van der Waals surface area contributed by atoms with E-state index >= 15 is 0 Å². The van der Waals surface area contributed by atoms with Crippen LogP contribution in [-0.4, -0.2) is 28.0 Å². The van der Waals surface area contributed by atoms with Crippen molar-refractivity contribution < 1.29 is 4.39 Å². The van der Waals surface area contributed by atoms with Gasteiger partial charge in [0.2, 0.25) is 11.9 Å². The highest BCUT2D eigenvalue weighted by Crippen LogP contribution is 2.16. The van der Waals surface area contributed by atoms with Crippen molar-refractivity contribution in [2.24, 2.45) is 0 Å². The maximum atomic E-state index is 13.0. The molecule has 8 heteroatoms. The van der Waals surface area contributed by atoms with E-state index in [0.717, 1.165) is 12.1 Å². The van der Waals surface area contributed by atoms with Crippen LogP contribution in [0.2, 0.25) is 0 Å². The minimum absolute atomic E-state index is 0. The minimum atomic E-state index is -0.277. The van der Waals surface area contributed by atoms with E-state index in [1.54, 1.807) is 12.1 Å². The molecular weight excluding hydrogens is 319 g/mol. The zero-order valence-electron chi connectivity index (χ0n) is 12.7. The highest BCUT2D eigenvalue weighted by molar-refractivity contribution is 5.85. The number of nitrogens with one attached hydrogen (secondary N) is 2. The SMILES string of the molecule is C#CCNc1ncnc(NN(CCC)c2ccc(F)cc2)n1.Cl. The van der Waals surface area contributed by atoms with Gasteiger partial charge >= 0.3 is 0 Å². The number of halogens is 2. The second-order valence-electron chi connectivity index (χ2n) is 4.43. The first-order valence-electron chi connectivity index (χ1n) is 6.89. The van der Waals surface area contributed by atoms with E-state index in [1.165, 1.54) is 18.5 Å². The number of hydrazine groups is 1. The predicted molar refractivity (Wildman–Crippen MR) is 92.1 cm³/mol. The van der Waals surface area contributed by atoms with Crippen molar-refractivity contribution in [3.8, 4) is 12.3 Å². The van der Waals surface area contributed by atoms with Crippen LogP contribution in [0.5, 0.6) is 0 Å². The van der Waals surface area contributed by atoms with Gasteiger partial charge in [-0.2, -0.15) is 9.97 Å². The fourth-order valence-corrected chi connectivity index (χ4v) is 1.78. The number of benzene rings is 1. The molecule has 1 aromatic heterocycles. The molecule has 0 spiro atoms. The third-order valence-electron chi connectivity index (χ3n) is 2.74. The van der Waals surface area contributed by atoms with Crippen molar-refractivity contribution in [1.82, 2.24) is 15.0 Å². The summed E-state index contributed by atoms with van der Waals surface area (Å²) in [5.41, 5.74) is 3.91. The number of anilines is 3. The predicted octanol–water partition coefficient (Wildman–Crippen LogP) is 2.72. The Labute approximate surface area is 140 Å². The third-order valence-corrected chi connectivity index (χ3v) is 2.74. The van der Waals surface area contributed by atoms with Crippen LogP contribution in [0.3, 0.4) is 0 Å². The van der Waals surface area contributed by atoms with E-state index in [2.05, 4.69) is 31.6 Å². The smallest absolute Gasteiger partial charge is 0.246 e. The largest absolute Gasteiger partial charge is 0.343 e. The Hall–Kier alpha value is -2.59. The van der Waals surface area contributed by atoms with Crippen LogP contribution in [0.25, 0.3) is 0 Å². The fourth-order valence-electron chi connectivity index (χ4n) is 1.78. The maximum Gasteiger partial charge on any atom is 0.246 e. The zero-order chi connectivity index (χ0) is 15.8. The molecule has 0 saturated heterocycles. The van der Waals surface area contributed by atoms with E-state index in [9.17, 15) is 4.39 Å². The van der Waals surface area contributed by atoms with Gasteiger partial charge in [-0.05, 0) is 30.7 Å². The Morgan fingerprint density at radius 3 is 2.57 bits per heavy atom. The lowest BCUT2D eigenvalue weighted by Crippen LogP contribution is -2.31. The first-order valence-corrected chi connectivity index (χ1v) is 6.89. The molecule has 1 heterocycles. The second-order valence-corrected chi connectivity index (χ2v) is 4.43. The van der Waals surface area contributed by atoms with E-state index in [1.807, 2.05) is 11.9 Å². The summed E-state index contributed by atoms with van der Waals surface area (Å²) in [5, 5.41) is 4.73. The zero-order valence-corrected chi connectivity index (χ0v) is 13.5. The molecule has 23 heavy (non-hydrogen) atoms. The minimum Gasteiger partial charge on any atom is -0.343 e. The average Bonchev–Trinajstić information content (AvgIpc) is 2.54. The van der Waals surface area contributed by atoms with Crippen LogP contribution in [0, 0.1) is 18.2 Å². The Bertz CT molecular complexity index is 643. The average molecular weight is 337 g/mol. The summed E-state index contributed by atoms with van der Waals surface area (Å²) in [6.07, 6.45) is 7.48. The monoisotopic (exact) mass is 336 g/mol. The van der Waals surface area contributed by atoms with Crippen molar-refractivity contribution >= 4 is 30.0 Å². The molecule has 0 atom stereocenters. The maximum absolute atomic E-state index is 13.0. The quantitative estimate of drug-likeness (QED) is 0.598. The summed E-state index contributed by atoms with van der Waals surface area (Å²) in [6.45, 7) is 3.09. The van der Waals surface area contributed by atoms with E-state index in [-0.39, 0.29) is 18.2 Å². The fraction of sp³-hybridized carbons (Fsp3) is 0.267. The summed E-state index contributed by atoms with van der Waals surface area (Å²) in [4.78, 5) is 12.3. The molecule has 0 bridgehead atoms. The summed E-state index contributed by atoms with van der Waals surface area (Å²) < 4.78 is 13.0. The first kappa shape index (κ1) is 18.5. The summed E-state index contributed by atoms with van der Waals surface area (Å²) in [7, 11) is 0. The molecule has 2 rings (SSSR count). The summed E-state index contributed by atoms with van der Waals surface area (Å²) >= 11 is 0. The van der Waals surface area contributed by atoms with Crippen LogP contribution < -0.4 is 15.8 Å². The van der Waals surface area contributed by atoms with Gasteiger partial charge in [0.05, 0.1) is 12.2 Å². The Kier molecular flexibility index (Phi) is 7.57. The summed E-state index contributed by atoms with van der Waals surface area (Å²) in [6, 6.07) is 6.20. The number of rotatable bonds is 7. The molecular formula is C15H18ClFN6. The van der Waals surface area contributed by atoms with Crippen LogP contribution in [0.15, 0.2) is 30.6 Å². The number of terminal acetylenes is 1. The molecule has 2 N–H and O–H groups in total. The van der Waals surface area contributed by atoms with Crippen LogP contribution in [0.1, 0.15) is 13.3 Å². The lowest BCUT2D eigenvalue weighted by molar-refractivity contribution is 0.627. The van der Waals surface area contributed by atoms with E-state index in [4.69, 9.17) is 6.42 Å². The normalized spacial score (nSPS) is 9.43. The molecule has 0 fully saturated rings. The van der Waals surface area contributed by atoms with Crippen molar-refractivity contribution in [3.05, 3.63) is 36.4 Å². The van der Waals surface area contributed by atoms with Gasteiger partial charge in [0.1, 0.15) is 12.1 Å². The number of aromatic nitrogens is 3. The van der Waals surface area contributed by atoms with E-state index < -0.39 is 0 Å². The molecule has 0 radical (unpaired) electrons. The van der Waals surface area contributed by atoms with Gasteiger partial charge in [-0.1, -0.05) is 12.8 Å². The topological polar surface area (TPSA) is 66.0 Å². The third kappa shape index (κ3) is 5.60. The molecule has 0 amide bonds. The van der Waals surface area contributed by atoms with Crippen molar-refractivity contribution in [1.29, 1.82) is 0 Å². The van der Waals surface area contributed by atoms with E-state index in [0.29, 0.717) is 25.0 Å². The molecule has 0 saturated carbocycles. The van der Waals surface area contributed by atoms with Gasteiger partial charge in [0, 0.05) is 6.54 Å². The van der Waals surface area contributed by atoms with Gasteiger partial charge in [0.15, 0.2) is 0 Å². The van der Waals surface area contributed by atoms with Crippen molar-refractivity contribution in [3.63, 3.8) is 0 Å². The highest BCUT2D eigenvalue weighted by atomic mass is 35.5. The van der Waals surface area contributed by atoms with Gasteiger partial charge in [-0.25, -0.2) is 9.37 Å². The number of hydrogen-bond acceptors (Lipinski definition) is 6. The summed E-state index contributed by atoms with van der Waals surface area (Å²) in [5.74, 6) is 2.95. The first-order chi connectivity index (χ1) is 10.7. The number of nitrogens with zero attached hydrogens (tertiary/aromatic N) is 4. The van der Waals surface area contributed by atoms with Crippen molar-refractivity contribution in [2.75, 3.05) is 28.8 Å².